The lowest BCUT2D eigenvalue weighted by atomic mass is 10.1. The summed E-state index contributed by atoms with van der Waals surface area (Å²) in [7, 11) is 0. The van der Waals surface area contributed by atoms with Crippen LogP contribution < -0.4 is 0 Å². The Morgan fingerprint density at radius 1 is 1.47 bits per heavy atom. The first-order valence-electron chi connectivity index (χ1n) is 5.74. The smallest absolute Gasteiger partial charge is 0.254 e. The van der Waals surface area contributed by atoms with E-state index in [4.69, 9.17) is 4.74 Å². The number of morpholine rings is 1. The first kappa shape index (κ1) is 12.6. The van der Waals surface area contributed by atoms with E-state index in [1.807, 2.05) is 36.9 Å². The van der Waals surface area contributed by atoms with Crippen molar-refractivity contribution in [2.24, 2.45) is 0 Å². The summed E-state index contributed by atoms with van der Waals surface area (Å²) in [5.41, 5.74) is 1.83. The molecule has 1 fully saturated rings. The molecule has 0 radical (unpaired) electrons. The molecule has 1 aromatic carbocycles. The summed E-state index contributed by atoms with van der Waals surface area (Å²) in [4.78, 5) is 14.2. The molecule has 1 aromatic rings. The third-order valence-electron chi connectivity index (χ3n) is 2.92. The Morgan fingerprint density at radius 3 is 2.88 bits per heavy atom. The molecule has 1 aliphatic rings. The Bertz CT molecular complexity index is 413. The lowest BCUT2D eigenvalue weighted by Crippen LogP contribution is -2.47. The minimum atomic E-state index is 0.0881. The van der Waals surface area contributed by atoms with Crippen LogP contribution in [-0.4, -0.2) is 36.6 Å². The zero-order chi connectivity index (χ0) is 12.4. The summed E-state index contributed by atoms with van der Waals surface area (Å²) < 4.78 is 6.29. The first-order chi connectivity index (χ1) is 8.08. The van der Waals surface area contributed by atoms with Gasteiger partial charge in [0, 0.05) is 16.6 Å². The van der Waals surface area contributed by atoms with E-state index in [1.165, 1.54) is 0 Å². The van der Waals surface area contributed by atoms with E-state index in [9.17, 15) is 4.79 Å². The summed E-state index contributed by atoms with van der Waals surface area (Å²) >= 11 is 3.42. The highest BCUT2D eigenvalue weighted by Crippen LogP contribution is 2.18. The molecule has 17 heavy (non-hydrogen) atoms. The van der Waals surface area contributed by atoms with Gasteiger partial charge >= 0.3 is 0 Å². The van der Waals surface area contributed by atoms with E-state index >= 15 is 0 Å². The molecule has 0 bridgehead atoms. The standard InChI is InChI=1S/C13H16BrNO2/c1-9-5-11(7-12(14)6-9)13(16)15-3-4-17-8-10(15)2/h5-7,10H,3-4,8H2,1-2H3. The van der Waals surface area contributed by atoms with Crippen LogP contribution in [0.25, 0.3) is 0 Å². The summed E-state index contributed by atoms with van der Waals surface area (Å²) in [5, 5.41) is 0. The Kier molecular flexibility index (Phi) is 3.84. The molecule has 1 heterocycles. The maximum absolute atomic E-state index is 12.4. The van der Waals surface area contributed by atoms with Crippen molar-refractivity contribution in [3.05, 3.63) is 33.8 Å². The zero-order valence-electron chi connectivity index (χ0n) is 10.1. The van der Waals surface area contributed by atoms with Crippen molar-refractivity contribution < 1.29 is 9.53 Å². The van der Waals surface area contributed by atoms with Gasteiger partial charge in [0.1, 0.15) is 0 Å². The summed E-state index contributed by atoms with van der Waals surface area (Å²) in [6, 6.07) is 5.95. The van der Waals surface area contributed by atoms with Crippen molar-refractivity contribution in [3.8, 4) is 0 Å². The number of aryl methyl sites for hydroxylation is 1. The number of hydrogen-bond donors (Lipinski definition) is 0. The number of carbonyl (C=O) groups is 1. The molecule has 1 saturated heterocycles. The summed E-state index contributed by atoms with van der Waals surface area (Å²) in [6.07, 6.45) is 0. The highest BCUT2D eigenvalue weighted by molar-refractivity contribution is 9.10. The van der Waals surface area contributed by atoms with E-state index in [0.717, 1.165) is 15.6 Å². The van der Waals surface area contributed by atoms with E-state index in [-0.39, 0.29) is 11.9 Å². The van der Waals surface area contributed by atoms with Crippen LogP contribution in [0.1, 0.15) is 22.8 Å². The predicted molar refractivity (Wildman–Crippen MR) is 70.2 cm³/mol. The zero-order valence-corrected chi connectivity index (χ0v) is 11.7. The highest BCUT2D eigenvalue weighted by atomic mass is 79.9. The molecule has 3 nitrogen and oxygen atoms in total. The fourth-order valence-electron chi connectivity index (χ4n) is 2.05. The topological polar surface area (TPSA) is 29.5 Å². The van der Waals surface area contributed by atoms with Crippen molar-refractivity contribution in [1.29, 1.82) is 0 Å². The van der Waals surface area contributed by atoms with Gasteiger partial charge in [-0.2, -0.15) is 0 Å². The van der Waals surface area contributed by atoms with E-state index in [1.54, 1.807) is 0 Å². The molecule has 1 aliphatic heterocycles. The number of nitrogens with zero attached hydrogens (tertiary/aromatic N) is 1. The summed E-state index contributed by atoms with van der Waals surface area (Å²) in [5.74, 6) is 0.0881. The van der Waals surface area contributed by atoms with Gasteiger partial charge in [0.15, 0.2) is 0 Å². The lowest BCUT2D eigenvalue weighted by molar-refractivity contribution is 0.00358. The number of carbonyl (C=O) groups excluding carboxylic acids is 1. The van der Waals surface area contributed by atoms with Crippen molar-refractivity contribution in [1.82, 2.24) is 4.90 Å². The van der Waals surface area contributed by atoms with Gasteiger partial charge in [-0.3, -0.25) is 4.79 Å². The van der Waals surface area contributed by atoms with Crippen LogP contribution >= 0.6 is 15.9 Å². The molecule has 0 aliphatic carbocycles. The van der Waals surface area contributed by atoms with Gasteiger partial charge in [-0.1, -0.05) is 15.9 Å². The molecule has 1 atom stereocenters. The molecule has 1 amide bonds. The number of benzene rings is 1. The van der Waals surface area contributed by atoms with Gasteiger partial charge < -0.3 is 9.64 Å². The fourth-order valence-corrected chi connectivity index (χ4v) is 2.66. The van der Waals surface area contributed by atoms with Crippen LogP contribution in [0.2, 0.25) is 0 Å². The Labute approximate surface area is 110 Å². The highest BCUT2D eigenvalue weighted by Gasteiger charge is 2.24. The minimum Gasteiger partial charge on any atom is -0.377 e. The molecule has 92 valence electrons. The van der Waals surface area contributed by atoms with E-state index in [2.05, 4.69) is 15.9 Å². The molecular weight excluding hydrogens is 282 g/mol. The van der Waals surface area contributed by atoms with Gasteiger partial charge in [-0.25, -0.2) is 0 Å². The van der Waals surface area contributed by atoms with Gasteiger partial charge in [-0.05, 0) is 37.6 Å². The van der Waals surface area contributed by atoms with Crippen LogP contribution in [0.4, 0.5) is 0 Å². The van der Waals surface area contributed by atoms with Gasteiger partial charge in [0.25, 0.3) is 5.91 Å². The normalized spacial score (nSPS) is 20.4. The monoisotopic (exact) mass is 297 g/mol. The Balaban J connectivity index is 2.23. The summed E-state index contributed by atoms with van der Waals surface area (Å²) in [6.45, 7) is 5.93. The van der Waals surface area contributed by atoms with Crippen molar-refractivity contribution in [2.45, 2.75) is 19.9 Å². The fraction of sp³-hybridized carbons (Fsp3) is 0.462. The van der Waals surface area contributed by atoms with E-state index in [0.29, 0.717) is 19.8 Å². The van der Waals surface area contributed by atoms with Gasteiger partial charge in [-0.15, -0.1) is 0 Å². The van der Waals surface area contributed by atoms with Crippen LogP contribution in [0, 0.1) is 6.92 Å². The number of ether oxygens (including phenoxy) is 1. The minimum absolute atomic E-state index is 0.0881. The van der Waals surface area contributed by atoms with Gasteiger partial charge in [0.05, 0.1) is 19.3 Å². The van der Waals surface area contributed by atoms with Crippen molar-refractivity contribution >= 4 is 21.8 Å². The maximum Gasteiger partial charge on any atom is 0.254 e. The molecule has 0 saturated carbocycles. The van der Waals surface area contributed by atoms with Crippen LogP contribution in [0.3, 0.4) is 0 Å². The second-order valence-corrected chi connectivity index (χ2v) is 5.36. The quantitative estimate of drug-likeness (QED) is 0.797. The van der Waals surface area contributed by atoms with E-state index < -0.39 is 0 Å². The molecular formula is C13H16BrNO2. The van der Waals surface area contributed by atoms with Crippen molar-refractivity contribution in [2.75, 3.05) is 19.8 Å². The molecule has 2 rings (SSSR count). The molecule has 0 spiro atoms. The average molecular weight is 298 g/mol. The molecule has 1 unspecified atom stereocenters. The number of amides is 1. The lowest BCUT2D eigenvalue weighted by Gasteiger charge is -2.33. The average Bonchev–Trinajstić information content (AvgIpc) is 2.27. The third-order valence-corrected chi connectivity index (χ3v) is 3.38. The van der Waals surface area contributed by atoms with Crippen LogP contribution in [-0.2, 0) is 4.74 Å². The van der Waals surface area contributed by atoms with Crippen molar-refractivity contribution in [3.63, 3.8) is 0 Å². The maximum atomic E-state index is 12.4. The predicted octanol–water partition coefficient (Wildman–Crippen LogP) is 2.62. The Morgan fingerprint density at radius 2 is 2.24 bits per heavy atom. The number of halogens is 1. The molecule has 0 N–H and O–H groups in total. The second-order valence-electron chi connectivity index (χ2n) is 4.44. The number of hydrogen-bond acceptors (Lipinski definition) is 2. The van der Waals surface area contributed by atoms with Gasteiger partial charge in [0.2, 0.25) is 0 Å². The third kappa shape index (κ3) is 2.87. The first-order valence-corrected chi connectivity index (χ1v) is 6.53. The molecule has 0 aromatic heterocycles. The molecule has 4 heteroatoms. The second kappa shape index (κ2) is 5.19. The van der Waals surface area contributed by atoms with Crippen LogP contribution in [0.15, 0.2) is 22.7 Å². The largest absolute Gasteiger partial charge is 0.377 e. The SMILES string of the molecule is Cc1cc(Br)cc(C(=O)N2CCOCC2C)c1. The van der Waals surface area contributed by atoms with Crippen LogP contribution in [0.5, 0.6) is 0 Å². The number of rotatable bonds is 1. The Hall–Kier alpha value is -0.870.